The molecule has 0 fully saturated rings. The van der Waals surface area contributed by atoms with Gasteiger partial charge in [0.05, 0.1) is 0 Å². The molecule has 0 aromatic carbocycles. The standard InChI is InChI=1S/CHF2NO/c2-1(5)4-3/h(H,4,5). The SMILES string of the molecule is O=C(F)NF. The number of halogens is 2. The quantitative estimate of drug-likeness (QED) is 0.257. The lowest BCUT2D eigenvalue weighted by Crippen LogP contribution is -2.01. The van der Waals surface area contributed by atoms with Crippen molar-refractivity contribution in [3.63, 3.8) is 0 Å². The molecule has 0 bridgehead atoms. The highest BCUT2D eigenvalue weighted by Crippen LogP contribution is 1.64. The highest BCUT2D eigenvalue weighted by atomic mass is 19.2. The van der Waals surface area contributed by atoms with Gasteiger partial charge in [-0.05, 0) is 0 Å². The molecule has 0 saturated heterocycles. The van der Waals surface area contributed by atoms with Crippen LogP contribution in [0.4, 0.5) is 13.7 Å². The summed E-state index contributed by atoms with van der Waals surface area (Å²) in [6.07, 6.45) is -2.16. The summed E-state index contributed by atoms with van der Waals surface area (Å²) < 4.78 is 20.4. The minimum absolute atomic E-state index is 0.222. The predicted molar refractivity (Wildman–Crippen MR) is 10.7 cm³/mol. The van der Waals surface area contributed by atoms with Gasteiger partial charge in [-0.15, -0.1) is 4.39 Å². The molecule has 0 unspecified atom stereocenters. The van der Waals surface area contributed by atoms with Crippen molar-refractivity contribution >= 4 is 6.16 Å². The van der Waals surface area contributed by atoms with Crippen LogP contribution in [0.1, 0.15) is 0 Å². The Hall–Kier alpha value is -0.670. The maximum Gasteiger partial charge on any atom is 0.425 e. The molecule has 0 aliphatic carbocycles. The molecule has 0 aromatic rings. The van der Waals surface area contributed by atoms with E-state index in [-0.39, 0.29) is 5.54 Å². The van der Waals surface area contributed by atoms with E-state index in [1.807, 2.05) is 0 Å². The molecule has 0 heterocycles. The van der Waals surface area contributed by atoms with Crippen LogP contribution >= 0.6 is 0 Å². The van der Waals surface area contributed by atoms with Crippen LogP contribution in [-0.2, 0) is 0 Å². The van der Waals surface area contributed by atoms with Gasteiger partial charge in [-0.1, -0.05) is 4.48 Å². The van der Waals surface area contributed by atoms with E-state index in [0.717, 1.165) is 0 Å². The molecule has 30 valence electrons. The van der Waals surface area contributed by atoms with Crippen LogP contribution in [0.15, 0.2) is 0 Å². The van der Waals surface area contributed by atoms with E-state index in [1.54, 1.807) is 0 Å². The second-order valence-electron chi connectivity index (χ2n) is 0.368. The van der Waals surface area contributed by atoms with Gasteiger partial charge in [0.25, 0.3) is 0 Å². The normalized spacial score (nSPS) is 6.80. The monoisotopic (exact) mass is 81.0 g/mol. The minimum Gasteiger partial charge on any atom is -0.232 e. The van der Waals surface area contributed by atoms with Gasteiger partial charge < -0.3 is 0 Å². The molecular formula is CHF2NO. The zero-order valence-corrected chi connectivity index (χ0v) is 2.16. The molecule has 1 amide bonds. The van der Waals surface area contributed by atoms with Crippen molar-refractivity contribution in [2.75, 3.05) is 0 Å². The molecule has 2 nitrogen and oxygen atoms in total. The fourth-order valence-electron chi connectivity index (χ4n) is 0. The van der Waals surface area contributed by atoms with E-state index in [2.05, 4.69) is 0 Å². The average Bonchev–Trinajstić information content (AvgIpc) is 1.38. The van der Waals surface area contributed by atoms with Gasteiger partial charge in [-0.25, -0.2) is 4.79 Å². The predicted octanol–water partition coefficient (Wildman–Crippen LogP) is 0.550. The van der Waals surface area contributed by atoms with Crippen molar-refractivity contribution in [1.82, 2.24) is 5.54 Å². The minimum atomic E-state index is -2.16. The molecule has 0 atom stereocenters. The third kappa shape index (κ3) is 3.33. The van der Waals surface area contributed by atoms with E-state index in [9.17, 15) is 8.87 Å². The smallest absolute Gasteiger partial charge is 0.232 e. The Morgan fingerprint density at radius 1 is 1.80 bits per heavy atom. The second kappa shape index (κ2) is 1.63. The fraction of sp³-hybridized carbons (Fsp3) is 0. The summed E-state index contributed by atoms with van der Waals surface area (Å²) in [6.45, 7) is 0. The van der Waals surface area contributed by atoms with E-state index in [4.69, 9.17) is 4.79 Å². The summed E-state index contributed by atoms with van der Waals surface area (Å²) in [5.74, 6) is 0. The van der Waals surface area contributed by atoms with Gasteiger partial charge in [-0.2, -0.15) is 5.54 Å². The van der Waals surface area contributed by atoms with Crippen molar-refractivity contribution < 1.29 is 13.7 Å². The summed E-state index contributed by atoms with van der Waals surface area (Å²) in [5.41, 5.74) is 0.222. The molecule has 1 N–H and O–H groups in total. The number of hydrogen-bond acceptors (Lipinski definition) is 1. The van der Waals surface area contributed by atoms with Gasteiger partial charge in [0.2, 0.25) is 0 Å². The summed E-state index contributed by atoms with van der Waals surface area (Å²) in [4.78, 5) is 8.66. The van der Waals surface area contributed by atoms with E-state index < -0.39 is 6.16 Å². The zero-order chi connectivity index (χ0) is 4.28. The number of hydrogen-bond donors (Lipinski definition) is 1. The molecule has 4 heteroatoms. The first-order valence-electron chi connectivity index (χ1n) is 0.832. The average molecular weight is 81.0 g/mol. The maximum absolute atomic E-state index is 10.3. The van der Waals surface area contributed by atoms with Crippen LogP contribution in [0.2, 0.25) is 0 Å². The highest BCUT2D eigenvalue weighted by molar-refractivity contribution is 5.63. The molecule has 0 saturated carbocycles. The number of nitrogens with one attached hydrogen (secondary N) is 1. The summed E-state index contributed by atoms with van der Waals surface area (Å²) in [5, 5.41) is 0. The topological polar surface area (TPSA) is 29.1 Å². The maximum atomic E-state index is 10.3. The Morgan fingerprint density at radius 3 is 2.00 bits per heavy atom. The van der Waals surface area contributed by atoms with Crippen molar-refractivity contribution in [2.24, 2.45) is 0 Å². The van der Waals surface area contributed by atoms with Crippen LogP contribution in [-0.4, -0.2) is 6.16 Å². The van der Waals surface area contributed by atoms with E-state index >= 15 is 0 Å². The molecule has 0 radical (unpaired) electrons. The molecule has 0 rings (SSSR count). The van der Waals surface area contributed by atoms with Crippen LogP contribution in [0.3, 0.4) is 0 Å². The van der Waals surface area contributed by atoms with Gasteiger partial charge >= 0.3 is 6.16 Å². The number of carbonyl (C=O) groups excluding carboxylic acids is 1. The number of rotatable bonds is 0. The number of carbonyl (C=O) groups is 1. The molecular weight excluding hydrogens is 80.0 g/mol. The Balaban J connectivity index is 2.85. The molecule has 0 aliphatic rings. The molecule has 0 spiro atoms. The highest BCUT2D eigenvalue weighted by Gasteiger charge is 1.84. The second-order valence-corrected chi connectivity index (χ2v) is 0.368. The van der Waals surface area contributed by atoms with Gasteiger partial charge in [0.15, 0.2) is 0 Å². The third-order valence-electron chi connectivity index (χ3n) is 0.0743. The van der Waals surface area contributed by atoms with Crippen molar-refractivity contribution in [1.29, 1.82) is 0 Å². The van der Waals surface area contributed by atoms with Crippen molar-refractivity contribution in [3.05, 3.63) is 0 Å². The van der Waals surface area contributed by atoms with Crippen molar-refractivity contribution in [2.45, 2.75) is 0 Å². The van der Waals surface area contributed by atoms with Gasteiger partial charge in [0.1, 0.15) is 0 Å². The van der Waals surface area contributed by atoms with Crippen molar-refractivity contribution in [3.8, 4) is 0 Å². The Morgan fingerprint density at radius 2 is 2.00 bits per heavy atom. The summed E-state index contributed by atoms with van der Waals surface area (Å²) in [7, 11) is 0. The Kier molecular flexibility index (Phi) is 1.41. The van der Waals surface area contributed by atoms with Gasteiger partial charge in [-0.3, -0.25) is 0 Å². The van der Waals surface area contributed by atoms with Gasteiger partial charge in [0, 0.05) is 0 Å². The largest absolute Gasteiger partial charge is 0.425 e. The lowest BCUT2D eigenvalue weighted by Gasteiger charge is -1.68. The Labute approximate surface area is 26.7 Å². The number of amides is 1. The molecule has 5 heavy (non-hydrogen) atoms. The lowest BCUT2D eigenvalue weighted by molar-refractivity contribution is 0.196. The first-order valence-corrected chi connectivity index (χ1v) is 0.832. The summed E-state index contributed by atoms with van der Waals surface area (Å²) in [6, 6.07) is 0. The van der Waals surface area contributed by atoms with E-state index in [1.165, 1.54) is 0 Å². The third-order valence-corrected chi connectivity index (χ3v) is 0.0743. The zero-order valence-electron chi connectivity index (χ0n) is 2.16. The van der Waals surface area contributed by atoms with Crippen LogP contribution in [0.5, 0.6) is 0 Å². The van der Waals surface area contributed by atoms with Crippen LogP contribution < -0.4 is 5.54 Å². The van der Waals surface area contributed by atoms with Crippen LogP contribution in [0, 0.1) is 0 Å². The summed E-state index contributed by atoms with van der Waals surface area (Å²) >= 11 is 0. The first kappa shape index (κ1) is 4.33. The first-order chi connectivity index (χ1) is 2.27. The Bertz CT molecular complexity index is 44.9. The lowest BCUT2D eigenvalue weighted by atomic mass is 11.4. The molecule has 0 aromatic heterocycles. The van der Waals surface area contributed by atoms with E-state index in [0.29, 0.717) is 0 Å². The fourth-order valence-corrected chi connectivity index (χ4v) is 0. The molecule has 0 aliphatic heterocycles. The van der Waals surface area contributed by atoms with Crippen LogP contribution in [0.25, 0.3) is 0 Å².